The van der Waals surface area contributed by atoms with Gasteiger partial charge in [0, 0.05) is 14.1 Å². The molecule has 5 nitrogen and oxygen atoms in total. The second kappa shape index (κ2) is 3.05. The van der Waals surface area contributed by atoms with Crippen LogP contribution in [0, 0.1) is 6.92 Å². The Morgan fingerprint density at radius 2 is 1.93 bits per heavy atom. The van der Waals surface area contributed by atoms with Crippen LogP contribution < -0.4 is 10.2 Å². The van der Waals surface area contributed by atoms with Gasteiger partial charge in [0.1, 0.15) is 5.82 Å². The normalized spacial score (nSPS) is 13.8. The topological polar surface area (TPSA) is 62.3 Å². The summed E-state index contributed by atoms with van der Waals surface area (Å²) in [6, 6.07) is 1.63. The average molecular weight is 205 g/mol. The van der Waals surface area contributed by atoms with Crippen molar-refractivity contribution in [3.05, 3.63) is 22.9 Å². The van der Waals surface area contributed by atoms with Gasteiger partial charge in [-0.2, -0.15) is 0 Å². The maximum Gasteiger partial charge on any atom is 0.260 e. The number of aryl methyl sites for hydroxylation is 1. The molecule has 78 valence electrons. The SMILES string of the molecule is Cc1nc(N(C)C)cc2c1C(=O)NC2=O. The summed E-state index contributed by atoms with van der Waals surface area (Å²) < 4.78 is 0. The van der Waals surface area contributed by atoms with E-state index in [4.69, 9.17) is 0 Å². The van der Waals surface area contributed by atoms with Crippen molar-refractivity contribution in [1.82, 2.24) is 10.3 Å². The largest absolute Gasteiger partial charge is 0.363 e. The summed E-state index contributed by atoms with van der Waals surface area (Å²) in [4.78, 5) is 28.9. The first-order valence-corrected chi connectivity index (χ1v) is 4.55. The lowest BCUT2D eigenvalue weighted by Crippen LogP contribution is -2.20. The van der Waals surface area contributed by atoms with E-state index >= 15 is 0 Å². The number of nitrogens with one attached hydrogen (secondary N) is 1. The van der Waals surface area contributed by atoms with E-state index in [1.807, 2.05) is 14.1 Å². The van der Waals surface area contributed by atoms with Gasteiger partial charge in [0.05, 0.1) is 16.8 Å². The van der Waals surface area contributed by atoms with Crippen LogP contribution in [0.5, 0.6) is 0 Å². The van der Waals surface area contributed by atoms with Crippen molar-refractivity contribution in [1.29, 1.82) is 0 Å². The number of hydrogen-bond donors (Lipinski definition) is 1. The molecule has 1 aliphatic rings. The Morgan fingerprint density at radius 3 is 2.53 bits per heavy atom. The summed E-state index contributed by atoms with van der Waals surface area (Å²) in [6.45, 7) is 1.73. The van der Waals surface area contributed by atoms with E-state index in [1.165, 1.54) is 0 Å². The lowest BCUT2D eigenvalue weighted by molar-refractivity contribution is 0.0879. The van der Waals surface area contributed by atoms with Crippen molar-refractivity contribution in [2.24, 2.45) is 0 Å². The first-order chi connectivity index (χ1) is 7.00. The molecule has 0 bridgehead atoms. The Hall–Kier alpha value is -1.91. The highest BCUT2D eigenvalue weighted by atomic mass is 16.2. The van der Waals surface area contributed by atoms with Gasteiger partial charge in [0.25, 0.3) is 11.8 Å². The molecule has 0 unspecified atom stereocenters. The standard InChI is InChI=1S/C10H11N3O2/c1-5-8-6(9(14)12-10(8)15)4-7(11-5)13(2)3/h4H,1-3H3,(H,12,14,15). The molecule has 0 saturated heterocycles. The van der Waals surface area contributed by atoms with Gasteiger partial charge in [0.2, 0.25) is 0 Å². The van der Waals surface area contributed by atoms with Crippen molar-refractivity contribution in [2.75, 3.05) is 19.0 Å². The minimum absolute atomic E-state index is 0.344. The van der Waals surface area contributed by atoms with Gasteiger partial charge >= 0.3 is 0 Å². The molecule has 2 amide bonds. The first-order valence-electron chi connectivity index (χ1n) is 4.55. The highest BCUT2D eigenvalue weighted by Gasteiger charge is 2.29. The molecule has 0 fully saturated rings. The van der Waals surface area contributed by atoms with Gasteiger partial charge in [-0.15, -0.1) is 0 Å². The monoisotopic (exact) mass is 205 g/mol. The van der Waals surface area contributed by atoms with E-state index in [9.17, 15) is 9.59 Å². The minimum atomic E-state index is -0.356. The van der Waals surface area contributed by atoms with Gasteiger partial charge < -0.3 is 4.90 Å². The molecule has 1 N–H and O–H groups in total. The Morgan fingerprint density at radius 1 is 1.27 bits per heavy atom. The van der Waals surface area contributed by atoms with Crippen LogP contribution in [0.15, 0.2) is 6.07 Å². The molecule has 0 atom stereocenters. The highest BCUT2D eigenvalue weighted by Crippen LogP contribution is 2.22. The number of fused-ring (bicyclic) bond motifs is 1. The van der Waals surface area contributed by atoms with Crippen molar-refractivity contribution in [2.45, 2.75) is 6.92 Å². The van der Waals surface area contributed by atoms with E-state index in [2.05, 4.69) is 10.3 Å². The second-order valence-corrected chi connectivity index (χ2v) is 3.67. The summed E-state index contributed by atoms with van der Waals surface area (Å²) in [5.41, 5.74) is 1.39. The fraction of sp³-hybridized carbons (Fsp3) is 0.300. The molecule has 0 spiro atoms. The summed E-state index contributed by atoms with van der Waals surface area (Å²) in [7, 11) is 3.67. The fourth-order valence-electron chi connectivity index (χ4n) is 1.58. The number of anilines is 1. The molecular formula is C10H11N3O2. The van der Waals surface area contributed by atoms with E-state index < -0.39 is 0 Å². The molecule has 15 heavy (non-hydrogen) atoms. The minimum Gasteiger partial charge on any atom is -0.363 e. The molecule has 2 heterocycles. The van der Waals surface area contributed by atoms with Crippen LogP contribution in [-0.4, -0.2) is 30.9 Å². The van der Waals surface area contributed by atoms with Crippen LogP contribution in [0.3, 0.4) is 0 Å². The molecule has 5 heteroatoms. The summed E-state index contributed by atoms with van der Waals surface area (Å²) in [5.74, 6) is -0.0231. The van der Waals surface area contributed by atoms with E-state index in [0.717, 1.165) is 0 Å². The van der Waals surface area contributed by atoms with Gasteiger partial charge in [-0.05, 0) is 13.0 Å². The Kier molecular flexibility index (Phi) is 1.96. The van der Waals surface area contributed by atoms with E-state index in [-0.39, 0.29) is 11.8 Å². The Balaban J connectivity index is 2.66. The number of hydrogen-bond acceptors (Lipinski definition) is 4. The zero-order valence-corrected chi connectivity index (χ0v) is 8.79. The van der Waals surface area contributed by atoms with Crippen LogP contribution >= 0.6 is 0 Å². The smallest absolute Gasteiger partial charge is 0.260 e. The van der Waals surface area contributed by atoms with Crippen molar-refractivity contribution >= 4 is 17.6 Å². The van der Waals surface area contributed by atoms with Crippen LogP contribution in [0.25, 0.3) is 0 Å². The third kappa shape index (κ3) is 1.36. The van der Waals surface area contributed by atoms with Crippen molar-refractivity contribution in [3.63, 3.8) is 0 Å². The predicted molar refractivity (Wildman–Crippen MR) is 55.1 cm³/mol. The van der Waals surface area contributed by atoms with Crippen LogP contribution in [-0.2, 0) is 0 Å². The second-order valence-electron chi connectivity index (χ2n) is 3.67. The summed E-state index contributed by atoms with van der Waals surface area (Å²) in [6.07, 6.45) is 0. The van der Waals surface area contributed by atoms with Gasteiger partial charge in [-0.25, -0.2) is 4.98 Å². The fourth-order valence-corrected chi connectivity index (χ4v) is 1.58. The Bertz CT molecular complexity index is 466. The van der Waals surface area contributed by atoms with Gasteiger partial charge in [-0.1, -0.05) is 0 Å². The van der Waals surface area contributed by atoms with Gasteiger partial charge in [-0.3, -0.25) is 14.9 Å². The number of carbonyl (C=O) groups is 2. The zero-order chi connectivity index (χ0) is 11.2. The number of amides is 2. The molecular weight excluding hydrogens is 194 g/mol. The maximum absolute atomic E-state index is 11.4. The van der Waals surface area contributed by atoms with Gasteiger partial charge in [0.15, 0.2) is 0 Å². The lowest BCUT2D eigenvalue weighted by atomic mass is 10.1. The molecule has 0 saturated carbocycles. The summed E-state index contributed by atoms with van der Waals surface area (Å²) >= 11 is 0. The van der Waals surface area contributed by atoms with E-state index in [0.29, 0.717) is 22.6 Å². The average Bonchev–Trinajstić information content (AvgIpc) is 2.42. The Labute approximate surface area is 87.1 Å². The van der Waals surface area contributed by atoms with Crippen LogP contribution in [0.4, 0.5) is 5.82 Å². The number of rotatable bonds is 1. The first kappa shape index (κ1) is 9.64. The highest BCUT2D eigenvalue weighted by molar-refractivity contribution is 6.22. The number of carbonyl (C=O) groups excluding carboxylic acids is 2. The lowest BCUT2D eigenvalue weighted by Gasteiger charge is -2.12. The molecule has 1 aromatic rings. The van der Waals surface area contributed by atoms with E-state index in [1.54, 1.807) is 17.9 Å². The third-order valence-corrected chi connectivity index (χ3v) is 2.34. The molecule has 0 aromatic carbocycles. The number of pyridine rings is 1. The number of aromatic nitrogens is 1. The molecule has 0 aliphatic carbocycles. The van der Waals surface area contributed by atoms with Crippen molar-refractivity contribution in [3.8, 4) is 0 Å². The zero-order valence-electron chi connectivity index (χ0n) is 8.79. The number of imide groups is 1. The van der Waals surface area contributed by atoms with Crippen molar-refractivity contribution < 1.29 is 9.59 Å². The quantitative estimate of drug-likeness (QED) is 0.671. The predicted octanol–water partition coefficient (Wildman–Crippen LogP) is 0.340. The van der Waals surface area contributed by atoms with Crippen LogP contribution in [0.1, 0.15) is 26.4 Å². The summed E-state index contributed by atoms with van der Waals surface area (Å²) in [5, 5.41) is 2.25. The molecule has 2 rings (SSSR count). The van der Waals surface area contributed by atoms with Crippen LogP contribution in [0.2, 0.25) is 0 Å². The maximum atomic E-state index is 11.4. The molecule has 1 aromatic heterocycles. The molecule has 1 aliphatic heterocycles. The third-order valence-electron chi connectivity index (χ3n) is 2.34. The molecule has 0 radical (unpaired) electrons. The number of nitrogens with zero attached hydrogens (tertiary/aromatic N) is 2.